The molecule has 2 atom stereocenters. The summed E-state index contributed by atoms with van der Waals surface area (Å²) in [5.74, 6) is 0.996. The van der Waals surface area contributed by atoms with Gasteiger partial charge in [0.15, 0.2) is 0 Å². The number of likely N-dealkylation sites (tertiary alicyclic amines) is 1. The number of nitrogens with zero attached hydrogens (tertiary/aromatic N) is 1. The Bertz CT molecular complexity index is 165. The number of hydrogen-bond donors (Lipinski definition) is 1. The second kappa shape index (κ2) is 2.20. The zero-order chi connectivity index (χ0) is 7.26. The molecule has 0 bridgehead atoms. The Morgan fingerprint density at radius 1 is 1.09 bits per heavy atom. The van der Waals surface area contributed by atoms with Gasteiger partial charge in [0.1, 0.15) is 0 Å². The third-order valence-corrected chi connectivity index (χ3v) is 3.50. The Labute approximate surface area is 68.0 Å². The maximum absolute atomic E-state index is 3.50. The predicted octanol–water partition coefficient (Wildman–Crippen LogP) is 0.442. The highest BCUT2D eigenvalue weighted by Crippen LogP contribution is 2.37. The molecule has 1 aliphatic carbocycles. The molecule has 1 saturated carbocycles. The molecular weight excluding hydrogens is 136 g/mol. The molecule has 3 aliphatic rings. The molecule has 62 valence electrons. The van der Waals surface area contributed by atoms with Gasteiger partial charge >= 0.3 is 0 Å². The number of hydrogen-bond acceptors (Lipinski definition) is 2. The average Bonchev–Trinajstić information content (AvgIpc) is 2.63. The second-order valence-electron chi connectivity index (χ2n) is 4.24. The Hall–Kier alpha value is -0.0800. The zero-order valence-corrected chi connectivity index (χ0v) is 6.92. The summed E-state index contributed by atoms with van der Waals surface area (Å²) in [6.07, 6.45) is 4.40. The van der Waals surface area contributed by atoms with Gasteiger partial charge in [-0.3, -0.25) is 4.90 Å². The van der Waals surface area contributed by atoms with Crippen LogP contribution in [0.2, 0.25) is 0 Å². The van der Waals surface area contributed by atoms with E-state index in [0.717, 1.165) is 18.0 Å². The van der Waals surface area contributed by atoms with Gasteiger partial charge in [-0.15, -0.1) is 0 Å². The minimum Gasteiger partial charge on any atom is -0.315 e. The smallest absolute Gasteiger partial charge is 0.0264 e. The Morgan fingerprint density at radius 2 is 2.00 bits per heavy atom. The molecule has 1 N–H and O–H groups in total. The lowest BCUT2D eigenvalue weighted by atomic mass is 10.1. The van der Waals surface area contributed by atoms with Crippen LogP contribution in [0.25, 0.3) is 0 Å². The van der Waals surface area contributed by atoms with Gasteiger partial charge in [-0.1, -0.05) is 0 Å². The van der Waals surface area contributed by atoms with E-state index in [1.54, 1.807) is 0 Å². The monoisotopic (exact) mass is 152 g/mol. The Morgan fingerprint density at radius 3 is 2.82 bits per heavy atom. The molecule has 0 aromatic rings. The van der Waals surface area contributed by atoms with E-state index in [1.165, 1.54) is 38.9 Å². The molecular formula is C9H16N2. The molecule has 0 aromatic carbocycles. The molecule has 3 rings (SSSR count). The van der Waals surface area contributed by atoms with E-state index in [2.05, 4.69) is 10.2 Å². The maximum atomic E-state index is 3.50. The van der Waals surface area contributed by atoms with Crippen molar-refractivity contribution in [3.05, 3.63) is 0 Å². The van der Waals surface area contributed by atoms with Crippen molar-refractivity contribution in [1.82, 2.24) is 10.2 Å². The second-order valence-corrected chi connectivity index (χ2v) is 4.24. The number of fused-ring (bicyclic) bond motifs is 1. The molecule has 0 radical (unpaired) electrons. The summed E-state index contributed by atoms with van der Waals surface area (Å²) in [6.45, 7) is 3.94. The van der Waals surface area contributed by atoms with Crippen molar-refractivity contribution in [2.24, 2.45) is 5.92 Å². The third kappa shape index (κ3) is 0.926. The molecule has 0 aromatic heterocycles. The zero-order valence-electron chi connectivity index (χ0n) is 6.92. The first-order valence-corrected chi connectivity index (χ1v) is 4.91. The van der Waals surface area contributed by atoms with E-state index in [0.29, 0.717) is 0 Å². The first kappa shape index (κ1) is 6.44. The quantitative estimate of drug-likeness (QED) is 0.586. The highest BCUT2D eigenvalue weighted by molar-refractivity contribution is 5.00. The number of nitrogens with one attached hydrogen (secondary N) is 1. The molecule has 3 fully saturated rings. The van der Waals surface area contributed by atoms with E-state index >= 15 is 0 Å². The summed E-state index contributed by atoms with van der Waals surface area (Å²) in [5.41, 5.74) is 0. The van der Waals surface area contributed by atoms with Crippen LogP contribution in [0, 0.1) is 5.92 Å². The minimum absolute atomic E-state index is 0.919. The summed E-state index contributed by atoms with van der Waals surface area (Å²) in [4.78, 5) is 2.75. The molecule has 0 amide bonds. The van der Waals surface area contributed by atoms with Crippen LogP contribution in [0.15, 0.2) is 0 Å². The first-order valence-electron chi connectivity index (χ1n) is 4.91. The minimum atomic E-state index is 0.919. The summed E-state index contributed by atoms with van der Waals surface area (Å²) in [7, 11) is 0. The van der Waals surface area contributed by atoms with E-state index in [-0.39, 0.29) is 0 Å². The van der Waals surface area contributed by atoms with E-state index < -0.39 is 0 Å². The predicted molar refractivity (Wildman–Crippen MR) is 44.5 cm³/mol. The molecule has 0 spiro atoms. The van der Waals surface area contributed by atoms with Gasteiger partial charge < -0.3 is 5.32 Å². The highest BCUT2D eigenvalue weighted by Gasteiger charge is 2.43. The van der Waals surface area contributed by atoms with Crippen molar-refractivity contribution in [2.75, 3.05) is 19.6 Å². The summed E-state index contributed by atoms with van der Waals surface area (Å²) in [5, 5.41) is 3.50. The lowest BCUT2D eigenvalue weighted by Crippen LogP contribution is -2.35. The molecule has 2 aliphatic heterocycles. The van der Waals surface area contributed by atoms with Gasteiger partial charge in [0.05, 0.1) is 0 Å². The van der Waals surface area contributed by atoms with E-state index in [4.69, 9.17) is 0 Å². The van der Waals surface area contributed by atoms with Crippen molar-refractivity contribution in [3.63, 3.8) is 0 Å². The van der Waals surface area contributed by atoms with Crippen LogP contribution in [0.1, 0.15) is 19.3 Å². The van der Waals surface area contributed by atoms with Crippen molar-refractivity contribution in [3.8, 4) is 0 Å². The molecule has 11 heavy (non-hydrogen) atoms. The van der Waals surface area contributed by atoms with Crippen LogP contribution in [-0.4, -0.2) is 36.6 Å². The standard InChI is InChI=1S/C9H16N2/c1-2-8(1)11-4-3-7-5-10-6-9(7)11/h7-10H,1-6H2/t7-,9+/m0/s1. The molecule has 0 unspecified atom stereocenters. The van der Waals surface area contributed by atoms with E-state index in [1.807, 2.05) is 0 Å². The van der Waals surface area contributed by atoms with Crippen molar-refractivity contribution < 1.29 is 0 Å². The molecule has 2 nitrogen and oxygen atoms in total. The van der Waals surface area contributed by atoms with Crippen LogP contribution < -0.4 is 5.32 Å². The van der Waals surface area contributed by atoms with Crippen LogP contribution >= 0.6 is 0 Å². The lowest BCUT2D eigenvalue weighted by Gasteiger charge is -2.22. The van der Waals surface area contributed by atoms with Gasteiger partial charge in [0.25, 0.3) is 0 Å². The van der Waals surface area contributed by atoms with E-state index in [9.17, 15) is 0 Å². The fourth-order valence-corrected chi connectivity index (χ4v) is 2.74. The fraction of sp³-hybridized carbons (Fsp3) is 1.00. The topological polar surface area (TPSA) is 15.3 Å². The van der Waals surface area contributed by atoms with Gasteiger partial charge in [-0.2, -0.15) is 0 Å². The van der Waals surface area contributed by atoms with Gasteiger partial charge in [-0.25, -0.2) is 0 Å². The highest BCUT2D eigenvalue weighted by atomic mass is 15.3. The van der Waals surface area contributed by atoms with Crippen LogP contribution in [0.5, 0.6) is 0 Å². The lowest BCUT2D eigenvalue weighted by molar-refractivity contribution is 0.242. The van der Waals surface area contributed by atoms with Crippen LogP contribution in [0.4, 0.5) is 0 Å². The normalized spacial score (nSPS) is 44.7. The van der Waals surface area contributed by atoms with Gasteiger partial charge in [0, 0.05) is 18.6 Å². The van der Waals surface area contributed by atoms with Crippen molar-refractivity contribution in [1.29, 1.82) is 0 Å². The summed E-state index contributed by atoms with van der Waals surface area (Å²) < 4.78 is 0. The molecule has 2 heteroatoms. The summed E-state index contributed by atoms with van der Waals surface area (Å²) in [6, 6.07) is 1.91. The summed E-state index contributed by atoms with van der Waals surface area (Å²) >= 11 is 0. The maximum Gasteiger partial charge on any atom is 0.0264 e. The van der Waals surface area contributed by atoms with Crippen LogP contribution in [-0.2, 0) is 0 Å². The Balaban J connectivity index is 1.75. The van der Waals surface area contributed by atoms with Gasteiger partial charge in [0.2, 0.25) is 0 Å². The largest absolute Gasteiger partial charge is 0.315 e. The molecule has 2 heterocycles. The fourth-order valence-electron chi connectivity index (χ4n) is 2.74. The van der Waals surface area contributed by atoms with Crippen LogP contribution in [0.3, 0.4) is 0 Å². The first-order chi connectivity index (χ1) is 5.45. The Kier molecular flexibility index (Phi) is 1.29. The molecule has 2 saturated heterocycles. The van der Waals surface area contributed by atoms with Crippen molar-refractivity contribution in [2.45, 2.75) is 31.3 Å². The third-order valence-electron chi connectivity index (χ3n) is 3.50. The number of rotatable bonds is 1. The SMILES string of the molecule is C1CC1N1CC[C@H]2CNC[C@H]21. The average molecular weight is 152 g/mol. The van der Waals surface area contributed by atoms with Gasteiger partial charge in [-0.05, 0) is 38.3 Å². The van der Waals surface area contributed by atoms with Crippen molar-refractivity contribution >= 4 is 0 Å².